The Hall–Kier alpha value is -0.950. The zero-order valence-corrected chi connectivity index (χ0v) is 14.4. The lowest BCUT2D eigenvalue weighted by atomic mass is 9.87. The number of esters is 1. The van der Waals surface area contributed by atoms with Crippen molar-refractivity contribution in [2.45, 2.75) is 70.4 Å². The van der Waals surface area contributed by atoms with Gasteiger partial charge in [-0.2, -0.15) is 0 Å². The van der Waals surface area contributed by atoms with Crippen molar-refractivity contribution in [3.8, 4) is 0 Å². The fourth-order valence-electron chi connectivity index (χ4n) is 3.33. The number of hydrogen-bond donors (Lipinski definition) is 0. The SMILES string of the molecule is C=CCC1C2OC(C)(C)O[C@H]2C(CCC(=O)OCC)O[C@H]1OC. The number of fused-ring (bicyclic) bond motifs is 1. The van der Waals surface area contributed by atoms with Gasteiger partial charge in [-0.1, -0.05) is 6.08 Å². The minimum Gasteiger partial charge on any atom is -0.466 e. The number of carbonyl (C=O) groups excluding carboxylic acids is 1. The number of carbonyl (C=O) groups is 1. The van der Waals surface area contributed by atoms with E-state index in [1.807, 2.05) is 19.9 Å². The van der Waals surface area contributed by atoms with Gasteiger partial charge in [0.25, 0.3) is 0 Å². The quantitative estimate of drug-likeness (QED) is 0.528. The molecule has 2 rings (SSSR count). The highest BCUT2D eigenvalue weighted by Crippen LogP contribution is 2.42. The van der Waals surface area contributed by atoms with E-state index in [1.165, 1.54) is 0 Å². The van der Waals surface area contributed by atoms with Gasteiger partial charge < -0.3 is 23.7 Å². The van der Waals surface area contributed by atoms with Gasteiger partial charge in [0.05, 0.1) is 18.8 Å². The Balaban J connectivity index is 2.10. The van der Waals surface area contributed by atoms with Gasteiger partial charge >= 0.3 is 5.97 Å². The van der Waals surface area contributed by atoms with Gasteiger partial charge in [0, 0.05) is 19.4 Å². The Morgan fingerprint density at radius 1 is 1.30 bits per heavy atom. The van der Waals surface area contributed by atoms with Gasteiger partial charge in [-0.05, 0) is 33.6 Å². The number of rotatable bonds is 7. The molecule has 0 amide bonds. The van der Waals surface area contributed by atoms with Gasteiger partial charge in [0.2, 0.25) is 0 Å². The van der Waals surface area contributed by atoms with Crippen LogP contribution in [0.1, 0.15) is 40.0 Å². The molecule has 0 radical (unpaired) electrons. The third-order valence-electron chi connectivity index (χ3n) is 4.22. The molecule has 2 saturated heterocycles. The van der Waals surface area contributed by atoms with E-state index in [-0.39, 0.29) is 36.6 Å². The molecular formula is C17H28O6. The molecule has 6 nitrogen and oxygen atoms in total. The van der Waals surface area contributed by atoms with Crippen LogP contribution in [-0.2, 0) is 28.5 Å². The molecule has 0 N–H and O–H groups in total. The van der Waals surface area contributed by atoms with Gasteiger partial charge in [0.15, 0.2) is 12.1 Å². The molecule has 2 heterocycles. The van der Waals surface area contributed by atoms with E-state index in [9.17, 15) is 4.79 Å². The fourth-order valence-corrected chi connectivity index (χ4v) is 3.33. The molecule has 3 unspecified atom stereocenters. The Labute approximate surface area is 138 Å². The van der Waals surface area contributed by atoms with Crippen molar-refractivity contribution in [3.63, 3.8) is 0 Å². The molecule has 23 heavy (non-hydrogen) atoms. The summed E-state index contributed by atoms with van der Waals surface area (Å²) in [6.45, 7) is 9.76. The van der Waals surface area contributed by atoms with Crippen LogP contribution >= 0.6 is 0 Å². The monoisotopic (exact) mass is 328 g/mol. The molecule has 6 heteroatoms. The highest BCUT2D eigenvalue weighted by Gasteiger charge is 2.54. The van der Waals surface area contributed by atoms with Gasteiger partial charge in [-0.3, -0.25) is 4.79 Å². The molecule has 2 aliphatic heterocycles. The molecule has 2 aliphatic rings. The zero-order valence-electron chi connectivity index (χ0n) is 14.4. The number of allylic oxidation sites excluding steroid dienone is 1. The molecule has 0 aromatic rings. The summed E-state index contributed by atoms with van der Waals surface area (Å²) in [6.07, 6.45) is 2.31. The molecule has 2 fully saturated rings. The van der Waals surface area contributed by atoms with E-state index in [1.54, 1.807) is 14.0 Å². The van der Waals surface area contributed by atoms with Crippen LogP contribution in [-0.4, -0.2) is 50.1 Å². The summed E-state index contributed by atoms with van der Waals surface area (Å²) in [6, 6.07) is 0. The summed E-state index contributed by atoms with van der Waals surface area (Å²) >= 11 is 0. The van der Waals surface area contributed by atoms with E-state index in [0.717, 1.165) is 0 Å². The average Bonchev–Trinajstić information content (AvgIpc) is 2.82. The molecule has 0 aliphatic carbocycles. The van der Waals surface area contributed by atoms with E-state index in [2.05, 4.69) is 6.58 Å². The summed E-state index contributed by atoms with van der Waals surface area (Å²) in [5, 5.41) is 0. The van der Waals surface area contributed by atoms with Crippen molar-refractivity contribution in [1.82, 2.24) is 0 Å². The summed E-state index contributed by atoms with van der Waals surface area (Å²) < 4.78 is 28.7. The largest absolute Gasteiger partial charge is 0.466 e. The smallest absolute Gasteiger partial charge is 0.305 e. The Morgan fingerprint density at radius 2 is 2.00 bits per heavy atom. The first-order valence-corrected chi connectivity index (χ1v) is 8.22. The minimum atomic E-state index is -0.678. The van der Waals surface area contributed by atoms with Crippen molar-refractivity contribution in [3.05, 3.63) is 12.7 Å². The van der Waals surface area contributed by atoms with Crippen molar-refractivity contribution < 1.29 is 28.5 Å². The first kappa shape index (κ1) is 18.4. The van der Waals surface area contributed by atoms with Crippen molar-refractivity contribution in [1.29, 1.82) is 0 Å². The van der Waals surface area contributed by atoms with Crippen LogP contribution < -0.4 is 0 Å². The van der Waals surface area contributed by atoms with Crippen LogP contribution in [0.2, 0.25) is 0 Å². The number of methoxy groups -OCH3 is 1. The highest BCUT2D eigenvalue weighted by atomic mass is 16.8. The lowest BCUT2D eigenvalue weighted by Crippen LogP contribution is -2.53. The second-order valence-electron chi connectivity index (χ2n) is 6.38. The maximum atomic E-state index is 11.6. The van der Waals surface area contributed by atoms with Crippen LogP contribution in [0.25, 0.3) is 0 Å². The van der Waals surface area contributed by atoms with E-state index in [4.69, 9.17) is 23.7 Å². The van der Waals surface area contributed by atoms with Crippen molar-refractivity contribution >= 4 is 5.97 Å². The van der Waals surface area contributed by atoms with Crippen molar-refractivity contribution in [2.24, 2.45) is 5.92 Å². The molecule has 0 aromatic heterocycles. The lowest BCUT2D eigenvalue weighted by molar-refractivity contribution is -0.251. The second-order valence-corrected chi connectivity index (χ2v) is 6.38. The summed E-state index contributed by atoms with van der Waals surface area (Å²) in [5.41, 5.74) is 0. The van der Waals surface area contributed by atoms with Crippen LogP contribution in [0.15, 0.2) is 12.7 Å². The fraction of sp³-hybridized carbons (Fsp3) is 0.824. The summed E-state index contributed by atoms with van der Waals surface area (Å²) in [4.78, 5) is 11.6. The van der Waals surface area contributed by atoms with Gasteiger partial charge in [-0.25, -0.2) is 0 Å². The van der Waals surface area contributed by atoms with E-state index in [0.29, 0.717) is 19.4 Å². The molecule has 0 spiro atoms. The molecule has 132 valence electrons. The number of hydrogen-bond acceptors (Lipinski definition) is 6. The normalized spacial score (nSPS) is 35.6. The molecule has 0 saturated carbocycles. The van der Waals surface area contributed by atoms with Crippen LogP contribution in [0.4, 0.5) is 0 Å². The van der Waals surface area contributed by atoms with E-state index >= 15 is 0 Å². The van der Waals surface area contributed by atoms with Gasteiger partial charge in [0.1, 0.15) is 6.10 Å². The Kier molecular flexibility index (Phi) is 6.19. The average molecular weight is 328 g/mol. The molecule has 0 aromatic carbocycles. The second kappa shape index (κ2) is 7.75. The zero-order chi connectivity index (χ0) is 17.0. The van der Waals surface area contributed by atoms with Gasteiger partial charge in [-0.15, -0.1) is 6.58 Å². The third-order valence-corrected chi connectivity index (χ3v) is 4.22. The molecular weight excluding hydrogens is 300 g/mol. The standard InChI is InChI=1S/C17H28O6/c1-6-8-11-14-15(23-17(3,4)22-14)12(21-16(11)19-5)9-10-13(18)20-7-2/h6,11-12,14-16H,1,7-10H2,2-5H3/t11?,12?,14?,15-,16+/m0/s1. The topological polar surface area (TPSA) is 63.2 Å². The molecule has 0 bridgehead atoms. The minimum absolute atomic E-state index is 0.0168. The maximum Gasteiger partial charge on any atom is 0.305 e. The Bertz CT molecular complexity index is 421. The highest BCUT2D eigenvalue weighted by molar-refractivity contribution is 5.69. The van der Waals surface area contributed by atoms with Crippen LogP contribution in [0.3, 0.4) is 0 Å². The Morgan fingerprint density at radius 3 is 2.61 bits per heavy atom. The predicted molar refractivity (Wildman–Crippen MR) is 83.7 cm³/mol. The third kappa shape index (κ3) is 4.32. The first-order valence-electron chi connectivity index (χ1n) is 8.22. The van der Waals surface area contributed by atoms with Crippen LogP contribution in [0.5, 0.6) is 0 Å². The first-order chi connectivity index (χ1) is 10.9. The van der Waals surface area contributed by atoms with E-state index < -0.39 is 12.1 Å². The predicted octanol–water partition coefficient (Wildman–Crippen LogP) is 2.41. The maximum absolute atomic E-state index is 11.6. The molecule has 5 atom stereocenters. The number of ether oxygens (including phenoxy) is 5. The summed E-state index contributed by atoms with van der Waals surface area (Å²) in [7, 11) is 1.62. The lowest BCUT2D eigenvalue weighted by Gasteiger charge is -2.41. The summed E-state index contributed by atoms with van der Waals surface area (Å²) in [5.74, 6) is -0.890. The van der Waals surface area contributed by atoms with Crippen molar-refractivity contribution in [2.75, 3.05) is 13.7 Å². The van der Waals surface area contributed by atoms with Crippen LogP contribution in [0, 0.1) is 5.92 Å².